The summed E-state index contributed by atoms with van der Waals surface area (Å²) in [7, 11) is 0. The number of rotatable bonds is 8. The fourth-order valence-corrected chi connectivity index (χ4v) is 3.05. The van der Waals surface area contributed by atoms with Crippen molar-refractivity contribution in [2.45, 2.75) is 39.5 Å². The summed E-state index contributed by atoms with van der Waals surface area (Å²) in [5.41, 5.74) is 0. The Morgan fingerprint density at radius 1 is 1.32 bits per heavy atom. The molecule has 9 heteroatoms. The molecule has 3 heterocycles. The van der Waals surface area contributed by atoms with Crippen molar-refractivity contribution in [3.05, 3.63) is 24.2 Å². The Morgan fingerprint density at radius 2 is 2.24 bits per heavy atom. The van der Waals surface area contributed by atoms with E-state index >= 15 is 0 Å². The van der Waals surface area contributed by atoms with Gasteiger partial charge in [0.2, 0.25) is 0 Å². The summed E-state index contributed by atoms with van der Waals surface area (Å²) in [6, 6.07) is 3.89. The van der Waals surface area contributed by atoms with Crippen molar-refractivity contribution >= 4 is 5.82 Å². The SMILES string of the molecule is CCCn1nnnc1CN1CCO[C@@H](CN(CC)c2cccnn2)C1. The quantitative estimate of drug-likeness (QED) is 0.687. The molecule has 0 N–H and O–H groups in total. The molecule has 9 nitrogen and oxygen atoms in total. The second-order valence-electron chi connectivity index (χ2n) is 6.17. The van der Waals surface area contributed by atoms with Crippen LogP contribution >= 0.6 is 0 Å². The Bertz CT molecular complexity index is 634. The van der Waals surface area contributed by atoms with Gasteiger partial charge in [0.1, 0.15) is 0 Å². The van der Waals surface area contributed by atoms with Crippen LogP contribution in [-0.4, -0.2) is 74.2 Å². The van der Waals surface area contributed by atoms with E-state index in [0.29, 0.717) is 0 Å². The van der Waals surface area contributed by atoms with Gasteiger partial charge in [-0.1, -0.05) is 6.92 Å². The van der Waals surface area contributed by atoms with Crippen molar-refractivity contribution in [2.24, 2.45) is 0 Å². The van der Waals surface area contributed by atoms with Crippen LogP contribution in [0, 0.1) is 0 Å². The maximum atomic E-state index is 5.97. The second kappa shape index (κ2) is 8.82. The normalized spacial score (nSPS) is 18.4. The molecule has 0 bridgehead atoms. The Balaban J connectivity index is 1.58. The number of tetrazole rings is 1. The minimum Gasteiger partial charge on any atom is -0.374 e. The summed E-state index contributed by atoms with van der Waals surface area (Å²) in [6.07, 6.45) is 2.84. The van der Waals surface area contributed by atoms with E-state index < -0.39 is 0 Å². The maximum Gasteiger partial charge on any atom is 0.165 e. The average molecular weight is 346 g/mol. The summed E-state index contributed by atoms with van der Waals surface area (Å²) < 4.78 is 7.86. The first-order chi connectivity index (χ1) is 12.3. The van der Waals surface area contributed by atoms with Crippen LogP contribution < -0.4 is 4.90 Å². The standard InChI is InChI=1S/C16H26N8O/c1-3-8-24-16(19-20-21-24)13-22-9-10-25-14(11-22)12-23(4-2)15-6-5-7-17-18-15/h5-7,14H,3-4,8-13H2,1-2H3/t14-/m1/s1. The Labute approximate surface area is 148 Å². The summed E-state index contributed by atoms with van der Waals surface area (Å²) >= 11 is 0. The Hall–Kier alpha value is -2.13. The highest BCUT2D eigenvalue weighted by Crippen LogP contribution is 2.14. The van der Waals surface area contributed by atoms with Crippen molar-refractivity contribution in [3.8, 4) is 0 Å². The van der Waals surface area contributed by atoms with E-state index in [1.54, 1.807) is 6.20 Å². The highest BCUT2D eigenvalue weighted by Gasteiger charge is 2.24. The molecule has 0 amide bonds. The zero-order valence-electron chi connectivity index (χ0n) is 15.0. The summed E-state index contributed by atoms with van der Waals surface area (Å²) in [6.45, 7) is 9.99. The van der Waals surface area contributed by atoms with Gasteiger partial charge in [0, 0.05) is 38.9 Å². The van der Waals surface area contributed by atoms with Gasteiger partial charge < -0.3 is 9.64 Å². The number of ether oxygens (including phenoxy) is 1. The minimum atomic E-state index is 0.131. The zero-order valence-corrected chi connectivity index (χ0v) is 15.0. The average Bonchev–Trinajstić information content (AvgIpc) is 3.08. The van der Waals surface area contributed by atoms with Gasteiger partial charge in [-0.2, -0.15) is 5.10 Å². The van der Waals surface area contributed by atoms with Crippen molar-refractivity contribution in [1.29, 1.82) is 0 Å². The van der Waals surface area contributed by atoms with Crippen molar-refractivity contribution in [2.75, 3.05) is 37.7 Å². The third kappa shape index (κ3) is 4.70. The van der Waals surface area contributed by atoms with Crippen LogP contribution in [0.5, 0.6) is 0 Å². The van der Waals surface area contributed by atoms with Gasteiger partial charge >= 0.3 is 0 Å². The Morgan fingerprint density at radius 3 is 3.00 bits per heavy atom. The Kier molecular flexibility index (Phi) is 6.24. The number of aryl methyl sites for hydroxylation is 1. The van der Waals surface area contributed by atoms with E-state index in [1.807, 2.05) is 16.8 Å². The van der Waals surface area contributed by atoms with E-state index in [2.05, 4.69) is 49.4 Å². The van der Waals surface area contributed by atoms with Crippen LogP contribution in [0.1, 0.15) is 26.1 Å². The molecular weight excluding hydrogens is 320 g/mol. The number of aromatic nitrogens is 6. The first-order valence-electron chi connectivity index (χ1n) is 8.91. The molecule has 0 radical (unpaired) electrons. The predicted molar refractivity (Wildman–Crippen MR) is 93.0 cm³/mol. The van der Waals surface area contributed by atoms with E-state index in [0.717, 1.165) is 63.9 Å². The molecule has 3 rings (SSSR count). The smallest absolute Gasteiger partial charge is 0.165 e. The highest BCUT2D eigenvalue weighted by molar-refractivity contribution is 5.36. The number of likely N-dealkylation sites (N-methyl/N-ethyl adjacent to an activating group) is 1. The molecule has 1 aliphatic rings. The van der Waals surface area contributed by atoms with Crippen LogP contribution in [0.3, 0.4) is 0 Å². The topological polar surface area (TPSA) is 85.1 Å². The third-order valence-corrected chi connectivity index (χ3v) is 4.32. The molecule has 0 saturated carbocycles. The predicted octanol–water partition coefficient (Wildman–Crippen LogP) is 0.600. The van der Waals surface area contributed by atoms with Crippen LogP contribution in [0.4, 0.5) is 5.82 Å². The molecule has 0 aliphatic carbocycles. The van der Waals surface area contributed by atoms with E-state index in [9.17, 15) is 0 Å². The number of nitrogens with zero attached hydrogens (tertiary/aromatic N) is 8. The highest BCUT2D eigenvalue weighted by atomic mass is 16.5. The lowest BCUT2D eigenvalue weighted by Crippen LogP contribution is -2.47. The van der Waals surface area contributed by atoms with Gasteiger partial charge in [0.05, 0.1) is 19.3 Å². The minimum absolute atomic E-state index is 0.131. The molecule has 1 atom stereocenters. The van der Waals surface area contributed by atoms with Crippen molar-refractivity contribution in [1.82, 2.24) is 35.3 Å². The maximum absolute atomic E-state index is 5.97. The van der Waals surface area contributed by atoms with E-state index in [4.69, 9.17) is 4.74 Å². The van der Waals surface area contributed by atoms with Gasteiger partial charge in [-0.15, -0.1) is 10.2 Å². The fraction of sp³-hybridized carbons (Fsp3) is 0.688. The first kappa shape index (κ1) is 17.7. The summed E-state index contributed by atoms with van der Waals surface area (Å²) in [5, 5.41) is 20.2. The van der Waals surface area contributed by atoms with Gasteiger partial charge in [-0.3, -0.25) is 4.90 Å². The molecule has 0 aromatic carbocycles. The number of hydrogen-bond acceptors (Lipinski definition) is 8. The number of anilines is 1. The van der Waals surface area contributed by atoms with Crippen LogP contribution in [-0.2, 0) is 17.8 Å². The van der Waals surface area contributed by atoms with Gasteiger partial charge in [-0.25, -0.2) is 4.68 Å². The van der Waals surface area contributed by atoms with Gasteiger partial charge in [0.15, 0.2) is 11.6 Å². The zero-order chi connectivity index (χ0) is 17.5. The van der Waals surface area contributed by atoms with E-state index in [1.165, 1.54) is 0 Å². The third-order valence-electron chi connectivity index (χ3n) is 4.32. The molecule has 2 aromatic rings. The lowest BCUT2D eigenvalue weighted by molar-refractivity contribution is -0.0280. The van der Waals surface area contributed by atoms with Crippen molar-refractivity contribution < 1.29 is 4.74 Å². The van der Waals surface area contributed by atoms with Crippen LogP contribution in [0.25, 0.3) is 0 Å². The molecule has 0 spiro atoms. The van der Waals surface area contributed by atoms with Crippen molar-refractivity contribution in [3.63, 3.8) is 0 Å². The molecule has 1 fully saturated rings. The van der Waals surface area contributed by atoms with Crippen LogP contribution in [0.15, 0.2) is 18.3 Å². The molecule has 0 unspecified atom stereocenters. The molecule has 136 valence electrons. The lowest BCUT2D eigenvalue weighted by Gasteiger charge is -2.35. The monoisotopic (exact) mass is 346 g/mol. The molecular formula is C16H26N8O. The molecule has 25 heavy (non-hydrogen) atoms. The second-order valence-corrected chi connectivity index (χ2v) is 6.17. The molecule has 1 aliphatic heterocycles. The van der Waals surface area contributed by atoms with Crippen LogP contribution in [0.2, 0.25) is 0 Å². The first-order valence-corrected chi connectivity index (χ1v) is 8.91. The number of morpholine rings is 1. The fourth-order valence-electron chi connectivity index (χ4n) is 3.05. The molecule has 2 aromatic heterocycles. The van der Waals surface area contributed by atoms with E-state index in [-0.39, 0.29) is 6.10 Å². The largest absolute Gasteiger partial charge is 0.374 e. The lowest BCUT2D eigenvalue weighted by atomic mass is 10.2. The molecule has 1 saturated heterocycles. The van der Waals surface area contributed by atoms with Gasteiger partial charge in [-0.05, 0) is 35.9 Å². The summed E-state index contributed by atoms with van der Waals surface area (Å²) in [4.78, 5) is 4.55. The summed E-state index contributed by atoms with van der Waals surface area (Å²) in [5.74, 6) is 1.81. The number of hydrogen-bond donors (Lipinski definition) is 0. The van der Waals surface area contributed by atoms with Gasteiger partial charge in [0.25, 0.3) is 0 Å².